The minimum atomic E-state index is 0.165. The smallest absolute Gasteiger partial charge is 0.220 e. The van der Waals surface area contributed by atoms with E-state index < -0.39 is 0 Å². The van der Waals surface area contributed by atoms with E-state index in [2.05, 4.69) is 40.0 Å². The molecule has 6 heteroatoms. The molecule has 0 radical (unpaired) electrons. The van der Waals surface area contributed by atoms with Crippen LogP contribution in [0.1, 0.15) is 43.2 Å². The lowest BCUT2D eigenvalue weighted by molar-refractivity contribution is -0.121. The third-order valence-electron chi connectivity index (χ3n) is 5.03. The average Bonchev–Trinajstić information content (AvgIpc) is 3.16. The Morgan fingerprint density at radius 1 is 1.15 bits per heavy atom. The lowest BCUT2D eigenvalue weighted by Gasteiger charge is -2.14. The highest BCUT2D eigenvalue weighted by Crippen LogP contribution is 2.27. The van der Waals surface area contributed by atoms with Crippen LogP contribution in [0.3, 0.4) is 0 Å². The minimum absolute atomic E-state index is 0.165. The molecule has 1 aliphatic carbocycles. The number of hydrogen-bond acceptors (Lipinski definition) is 3. The largest absolute Gasteiger partial charge is 0.496 e. The van der Waals surface area contributed by atoms with Crippen LogP contribution in [0.25, 0.3) is 0 Å². The molecule has 1 aromatic carbocycles. The van der Waals surface area contributed by atoms with Gasteiger partial charge in [0.15, 0.2) is 5.96 Å². The van der Waals surface area contributed by atoms with Gasteiger partial charge in [0.2, 0.25) is 5.91 Å². The van der Waals surface area contributed by atoms with E-state index in [-0.39, 0.29) is 5.91 Å². The van der Waals surface area contributed by atoms with Gasteiger partial charge in [-0.3, -0.25) is 9.79 Å². The number of methoxy groups -OCH3 is 1. The third-order valence-corrected chi connectivity index (χ3v) is 5.03. The van der Waals surface area contributed by atoms with Crippen molar-refractivity contribution in [2.24, 2.45) is 10.9 Å². The standard InChI is InChI=1S/C21H34N4O2/c1-16-8-9-19(27-3)18(14-16)10-11-24-21(22-2)25-13-12-23-20(26)15-17-6-4-5-7-17/h8-9,14,17H,4-7,10-13,15H2,1-3H3,(H,23,26)(H2,22,24,25). The Morgan fingerprint density at radius 2 is 1.85 bits per heavy atom. The zero-order valence-corrected chi connectivity index (χ0v) is 16.9. The lowest BCUT2D eigenvalue weighted by Crippen LogP contribution is -2.42. The summed E-state index contributed by atoms with van der Waals surface area (Å²) < 4.78 is 5.42. The summed E-state index contributed by atoms with van der Waals surface area (Å²) in [6.07, 6.45) is 6.47. The Morgan fingerprint density at radius 3 is 2.56 bits per heavy atom. The van der Waals surface area contributed by atoms with Crippen LogP contribution >= 0.6 is 0 Å². The van der Waals surface area contributed by atoms with Crippen molar-refractivity contribution < 1.29 is 9.53 Å². The van der Waals surface area contributed by atoms with E-state index in [9.17, 15) is 4.79 Å². The Kier molecular flexibility index (Phi) is 8.95. The van der Waals surface area contributed by atoms with E-state index in [1.165, 1.54) is 36.8 Å². The summed E-state index contributed by atoms with van der Waals surface area (Å²) in [5.74, 6) is 2.41. The number of aryl methyl sites for hydroxylation is 1. The molecule has 6 nitrogen and oxygen atoms in total. The predicted molar refractivity (Wildman–Crippen MR) is 110 cm³/mol. The molecule has 0 aliphatic heterocycles. The summed E-state index contributed by atoms with van der Waals surface area (Å²) in [7, 11) is 3.45. The number of carbonyl (C=O) groups excluding carboxylic acids is 1. The number of amides is 1. The van der Waals surface area contributed by atoms with Gasteiger partial charge in [0.1, 0.15) is 5.75 Å². The Hall–Kier alpha value is -2.24. The first-order chi connectivity index (χ1) is 13.1. The maximum Gasteiger partial charge on any atom is 0.220 e. The maximum absolute atomic E-state index is 11.9. The Labute approximate surface area is 163 Å². The number of rotatable bonds is 9. The molecular formula is C21H34N4O2. The van der Waals surface area contributed by atoms with Gasteiger partial charge < -0.3 is 20.7 Å². The van der Waals surface area contributed by atoms with Crippen LogP contribution in [-0.2, 0) is 11.2 Å². The molecule has 1 fully saturated rings. The molecule has 27 heavy (non-hydrogen) atoms. The van der Waals surface area contributed by atoms with Gasteiger partial charge in [-0.2, -0.15) is 0 Å². The zero-order chi connectivity index (χ0) is 19.5. The van der Waals surface area contributed by atoms with Gasteiger partial charge in [-0.05, 0) is 43.7 Å². The monoisotopic (exact) mass is 374 g/mol. The van der Waals surface area contributed by atoms with E-state index >= 15 is 0 Å². The van der Waals surface area contributed by atoms with Crippen molar-refractivity contribution in [1.29, 1.82) is 0 Å². The number of nitrogens with one attached hydrogen (secondary N) is 3. The van der Waals surface area contributed by atoms with Crippen molar-refractivity contribution in [2.75, 3.05) is 33.8 Å². The number of carbonyl (C=O) groups is 1. The fourth-order valence-corrected chi connectivity index (χ4v) is 3.57. The maximum atomic E-state index is 11.9. The molecule has 2 rings (SSSR count). The Balaban J connectivity index is 1.63. The normalized spacial score (nSPS) is 14.9. The van der Waals surface area contributed by atoms with E-state index in [1.54, 1.807) is 14.2 Å². The first-order valence-corrected chi connectivity index (χ1v) is 9.97. The molecular weight excluding hydrogens is 340 g/mol. The fraction of sp³-hybridized carbons (Fsp3) is 0.619. The number of nitrogens with zero attached hydrogens (tertiary/aromatic N) is 1. The zero-order valence-electron chi connectivity index (χ0n) is 16.9. The van der Waals surface area contributed by atoms with Crippen LogP contribution in [0.15, 0.2) is 23.2 Å². The van der Waals surface area contributed by atoms with E-state index in [1.807, 2.05) is 6.07 Å². The molecule has 1 saturated carbocycles. The van der Waals surface area contributed by atoms with Gasteiger partial charge >= 0.3 is 0 Å². The number of benzene rings is 1. The number of aliphatic imine (C=N–C) groups is 1. The van der Waals surface area contributed by atoms with Gasteiger partial charge in [-0.1, -0.05) is 30.5 Å². The van der Waals surface area contributed by atoms with Gasteiger partial charge in [0, 0.05) is 33.1 Å². The first-order valence-electron chi connectivity index (χ1n) is 9.97. The van der Waals surface area contributed by atoms with Crippen LogP contribution in [-0.4, -0.2) is 45.7 Å². The van der Waals surface area contributed by atoms with E-state index in [0.717, 1.165) is 24.7 Å². The summed E-state index contributed by atoms with van der Waals surface area (Å²) in [5, 5.41) is 9.54. The summed E-state index contributed by atoms with van der Waals surface area (Å²) in [4.78, 5) is 16.2. The van der Waals surface area contributed by atoms with E-state index in [4.69, 9.17) is 4.74 Å². The van der Waals surface area contributed by atoms with Crippen molar-refractivity contribution in [3.05, 3.63) is 29.3 Å². The fourth-order valence-electron chi connectivity index (χ4n) is 3.57. The first kappa shape index (κ1) is 21.1. The van der Waals surface area contributed by atoms with E-state index in [0.29, 0.717) is 25.4 Å². The van der Waals surface area contributed by atoms with Crippen molar-refractivity contribution in [1.82, 2.24) is 16.0 Å². The molecule has 1 amide bonds. The highest BCUT2D eigenvalue weighted by molar-refractivity contribution is 5.80. The molecule has 3 N–H and O–H groups in total. The molecule has 150 valence electrons. The second kappa shape index (κ2) is 11.5. The molecule has 0 unspecified atom stereocenters. The van der Waals surface area contributed by atoms with Crippen molar-refractivity contribution >= 4 is 11.9 Å². The van der Waals surface area contributed by atoms with Crippen molar-refractivity contribution in [3.8, 4) is 5.75 Å². The minimum Gasteiger partial charge on any atom is -0.496 e. The van der Waals surface area contributed by atoms with Gasteiger partial charge in [0.25, 0.3) is 0 Å². The molecule has 0 bridgehead atoms. The SMILES string of the molecule is CN=C(NCCNC(=O)CC1CCCC1)NCCc1cc(C)ccc1OC. The highest BCUT2D eigenvalue weighted by atomic mass is 16.5. The van der Waals surface area contributed by atoms with Crippen LogP contribution in [0, 0.1) is 12.8 Å². The molecule has 1 aromatic rings. The summed E-state index contributed by atoms with van der Waals surface area (Å²) in [6.45, 7) is 4.10. The van der Waals surface area contributed by atoms with Crippen LogP contribution in [0.4, 0.5) is 0 Å². The summed E-state index contributed by atoms with van der Waals surface area (Å²) in [5.41, 5.74) is 2.40. The average molecular weight is 375 g/mol. The Bertz CT molecular complexity index is 625. The molecule has 0 saturated heterocycles. The molecule has 0 spiro atoms. The van der Waals surface area contributed by atoms with Gasteiger partial charge in [0.05, 0.1) is 7.11 Å². The molecule has 0 heterocycles. The highest BCUT2D eigenvalue weighted by Gasteiger charge is 2.17. The number of ether oxygens (including phenoxy) is 1. The lowest BCUT2D eigenvalue weighted by atomic mass is 10.0. The van der Waals surface area contributed by atoms with Gasteiger partial charge in [-0.25, -0.2) is 0 Å². The molecule has 0 atom stereocenters. The van der Waals surface area contributed by atoms with Crippen molar-refractivity contribution in [3.63, 3.8) is 0 Å². The summed E-state index contributed by atoms with van der Waals surface area (Å²) in [6, 6.07) is 6.21. The van der Waals surface area contributed by atoms with Crippen LogP contribution in [0.2, 0.25) is 0 Å². The third kappa shape index (κ3) is 7.49. The number of guanidine groups is 1. The van der Waals surface area contributed by atoms with Crippen LogP contribution < -0.4 is 20.7 Å². The van der Waals surface area contributed by atoms with Gasteiger partial charge in [-0.15, -0.1) is 0 Å². The topological polar surface area (TPSA) is 74.8 Å². The quantitative estimate of drug-likeness (QED) is 0.352. The molecule has 1 aliphatic rings. The van der Waals surface area contributed by atoms with Crippen molar-refractivity contribution in [2.45, 2.75) is 45.4 Å². The predicted octanol–water partition coefficient (Wildman–Crippen LogP) is 2.41. The second-order valence-electron chi connectivity index (χ2n) is 7.20. The number of hydrogen-bond donors (Lipinski definition) is 3. The van der Waals surface area contributed by atoms with Crippen LogP contribution in [0.5, 0.6) is 5.75 Å². The summed E-state index contributed by atoms with van der Waals surface area (Å²) >= 11 is 0. The second-order valence-corrected chi connectivity index (χ2v) is 7.20. The molecule has 0 aromatic heterocycles.